The topological polar surface area (TPSA) is 46.5 Å². The Morgan fingerprint density at radius 1 is 1.71 bits per heavy atom. The second kappa shape index (κ2) is 4.61. The monoisotopic (exact) mass is 298 g/mol. The molecule has 78 valence electrons. The summed E-state index contributed by atoms with van der Waals surface area (Å²) in [6, 6.07) is 0. The molecule has 1 atom stereocenters. The summed E-state index contributed by atoms with van der Waals surface area (Å²) in [6.45, 7) is 1.78. The molecular weight excluding hydrogens is 292 g/mol. The summed E-state index contributed by atoms with van der Waals surface area (Å²) < 4.78 is 5.51. The molecule has 0 fully saturated rings. The van der Waals surface area contributed by atoms with Gasteiger partial charge in [0.1, 0.15) is 4.34 Å². The van der Waals surface area contributed by atoms with Crippen LogP contribution in [0.15, 0.2) is 4.47 Å². The molecule has 1 unspecified atom stereocenters. The van der Waals surface area contributed by atoms with Crippen molar-refractivity contribution in [3.8, 4) is 0 Å². The first-order chi connectivity index (χ1) is 6.49. The molecule has 0 aliphatic heterocycles. The van der Waals surface area contributed by atoms with Gasteiger partial charge < -0.3 is 9.84 Å². The van der Waals surface area contributed by atoms with Crippen LogP contribution in [0.25, 0.3) is 0 Å². The minimum absolute atomic E-state index is 0.479. The molecule has 0 saturated heterocycles. The van der Waals surface area contributed by atoms with Crippen LogP contribution in [0.4, 0.5) is 0 Å². The first-order valence-corrected chi connectivity index (χ1v) is 5.68. The summed E-state index contributed by atoms with van der Waals surface area (Å²) in [6.07, 6.45) is -1.28. The van der Waals surface area contributed by atoms with Crippen molar-refractivity contribution in [2.45, 2.75) is 13.0 Å². The number of rotatable bonds is 2. The van der Waals surface area contributed by atoms with Gasteiger partial charge in [-0.2, -0.15) is 0 Å². The van der Waals surface area contributed by atoms with Crippen LogP contribution in [0.2, 0.25) is 4.34 Å². The second-order valence-corrected chi connectivity index (χ2v) is 5.21. The van der Waals surface area contributed by atoms with Crippen LogP contribution in [0.1, 0.15) is 16.5 Å². The van der Waals surface area contributed by atoms with E-state index in [-0.39, 0.29) is 0 Å². The Labute approximate surface area is 98.8 Å². The number of aryl methyl sites for hydroxylation is 1. The molecule has 0 bridgehead atoms. The largest absolute Gasteiger partial charge is 0.467 e. The van der Waals surface area contributed by atoms with Gasteiger partial charge >= 0.3 is 5.97 Å². The van der Waals surface area contributed by atoms with Crippen molar-refractivity contribution in [2.75, 3.05) is 7.11 Å². The van der Waals surface area contributed by atoms with Gasteiger partial charge in [-0.05, 0) is 22.9 Å². The van der Waals surface area contributed by atoms with Crippen molar-refractivity contribution in [3.05, 3.63) is 19.2 Å². The quantitative estimate of drug-likeness (QED) is 0.854. The van der Waals surface area contributed by atoms with Crippen LogP contribution in [-0.4, -0.2) is 18.2 Å². The van der Waals surface area contributed by atoms with E-state index in [0.717, 1.165) is 4.88 Å². The van der Waals surface area contributed by atoms with Gasteiger partial charge in [0.05, 0.1) is 11.6 Å². The summed E-state index contributed by atoms with van der Waals surface area (Å²) in [5.41, 5.74) is 0.479. The second-order valence-electron chi connectivity index (χ2n) is 2.59. The molecule has 1 heterocycles. The fraction of sp³-hybridized carbons (Fsp3) is 0.375. The van der Waals surface area contributed by atoms with Gasteiger partial charge in [-0.3, -0.25) is 0 Å². The number of esters is 1. The lowest BCUT2D eigenvalue weighted by atomic mass is 10.1. The van der Waals surface area contributed by atoms with Gasteiger partial charge in [-0.1, -0.05) is 11.6 Å². The number of thiophene rings is 1. The van der Waals surface area contributed by atoms with Crippen LogP contribution < -0.4 is 0 Å². The molecular formula is C8H8BrClO3S. The number of methoxy groups -OCH3 is 1. The Bertz CT molecular complexity index is 364. The number of ether oxygens (including phenoxy) is 1. The highest BCUT2D eigenvalue weighted by Crippen LogP contribution is 2.40. The van der Waals surface area contributed by atoms with E-state index >= 15 is 0 Å². The number of aliphatic hydroxyl groups is 1. The summed E-state index contributed by atoms with van der Waals surface area (Å²) in [5, 5.41) is 9.61. The molecule has 1 aromatic heterocycles. The normalized spacial score (nSPS) is 12.6. The molecule has 0 radical (unpaired) electrons. The van der Waals surface area contributed by atoms with E-state index in [1.807, 2.05) is 0 Å². The van der Waals surface area contributed by atoms with Gasteiger partial charge in [0.15, 0.2) is 6.10 Å². The van der Waals surface area contributed by atoms with Gasteiger partial charge in [0.25, 0.3) is 0 Å². The van der Waals surface area contributed by atoms with Crippen molar-refractivity contribution in [1.82, 2.24) is 0 Å². The van der Waals surface area contributed by atoms with Crippen LogP contribution in [-0.2, 0) is 9.53 Å². The number of carbonyl (C=O) groups is 1. The third-order valence-electron chi connectivity index (χ3n) is 1.73. The van der Waals surface area contributed by atoms with Crippen LogP contribution in [0.3, 0.4) is 0 Å². The predicted molar refractivity (Wildman–Crippen MR) is 58.7 cm³/mol. The molecule has 0 saturated carbocycles. The van der Waals surface area contributed by atoms with Crippen LogP contribution >= 0.6 is 38.9 Å². The van der Waals surface area contributed by atoms with Gasteiger partial charge in [-0.25, -0.2) is 4.79 Å². The fourth-order valence-electron chi connectivity index (χ4n) is 1.04. The molecule has 0 aromatic carbocycles. The van der Waals surface area contributed by atoms with E-state index in [0.29, 0.717) is 14.4 Å². The Hall–Kier alpha value is -0.100. The predicted octanol–water partition coefficient (Wildman–Crippen LogP) is 2.68. The van der Waals surface area contributed by atoms with Gasteiger partial charge in [0.2, 0.25) is 0 Å². The minimum Gasteiger partial charge on any atom is -0.467 e. The summed E-state index contributed by atoms with van der Waals surface area (Å²) >= 11 is 10.3. The molecule has 6 heteroatoms. The van der Waals surface area contributed by atoms with Crippen molar-refractivity contribution >= 4 is 44.8 Å². The molecule has 3 nitrogen and oxygen atoms in total. The first kappa shape index (κ1) is 12.0. The third-order valence-corrected chi connectivity index (χ3v) is 4.37. The van der Waals surface area contributed by atoms with Crippen molar-refractivity contribution in [3.63, 3.8) is 0 Å². The van der Waals surface area contributed by atoms with Crippen molar-refractivity contribution < 1.29 is 14.6 Å². The fourth-order valence-corrected chi connectivity index (χ4v) is 3.17. The van der Waals surface area contributed by atoms with E-state index in [1.54, 1.807) is 6.92 Å². The molecule has 1 rings (SSSR count). The highest BCUT2D eigenvalue weighted by molar-refractivity contribution is 9.10. The maximum atomic E-state index is 11.1. The van der Waals surface area contributed by atoms with Gasteiger partial charge in [0, 0.05) is 10.4 Å². The summed E-state index contributed by atoms with van der Waals surface area (Å²) in [7, 11) is 1.22. The third kappa shape index (κ3) is 2.11. The van der Waals surface area contributed by atoms with Crippen LogP contribution in [0, 0.1) is 6.92 Å². The summed E-state index contributed by atoms with van der Waals surface area (Å²) in [5.74, 6) is -0.691. The highest BCUT2D eigenvalue weighted by atomic mass is 79.9. The molecule has 1 N–H and O–H groups in total. The zero-order chi connectivity index (χ0) is 10.9. The van der Waals surface area contributed by atoms with Crippen LogP contribution in [0.5, 0.6) is 0 Å². The number of aliphatic hydroxyl groups excluding tert-OH is 1. The molecule has 0 aliphatic carbocycles. The van der Waals surface area contributed by atoms with E-state index in [4.69, 9.17) is 11.6 Å². The highest BCUT2D eigenvalue weighted by Gasteiger charge is 2.25. The number of halogens is 2. The van der Waals surface area contributed by atoms with E-state index in [2.05, 4.69) is 20.7 Å². The van der Waals surface area contributed by atoms with E-state index in [1.165, 1.54) is 18.4 Å². The Balaban J connectivity index is 3.12. The van der Waals surface area contributed by atoms with E-state index < -0.39 is 12.1 Å². The van der Waals surface area contributed by atoms with Crippen molar-refractivity contribution in [1.29, 1.82) is 0 Å². The first-order valence-electron chi connectivity index (χ1n) is 3.69. The molecule has 0 aliphatic rings. The lowest BCUT2D eigenvalue weighted by molar-refractivity contribution is -0.150. The SMILES string of the molecule is COC(=O)C(O)c1c(C)sc(Cl)c1Br. The molecule has 0 amide bonds. The summed E-state index contributed by atoms with van der Waals surface area (Å²) in [4.78, 5) is 11.9. The Morgan fingerprint density at radius 2 is 2.29 bits per heavy atom. The molecule has 1 aromatic rings. The number of carbonyl (C=O) groups excluding carboxylic acids is 1. The molecule has 0 spiro atoms. The smallest absolute Gasteiger partial charge is 0.339 e. The number of hydrogen-bond donors (Lipinski definition) is 1. The van der Waals surface area contributed by atoms with Gasteiger partial charge in [-0.15, -0.1) is 11.3 Å². The minimum atomic E-state index is -1.28. The van der Waals surface area contributed by atoms with Crippen molar-refractivity contribution in [2.24, 2.45) is 0 Å². The lowest BCUT2D eigenvalue weighted by Crippen LogP contribution is -2.13. The molecule has 14 heavy (non-hydrogen) atoms. The maximum absolute atomic E-state index is 11.1. The number of hydrogen-bond acceptors (Lipinski definition) is 4. The lowest BCUT2D eigenvalue weighted by Gasteiger charge is -2.08. The zero-order valence-corrected chi connectivity index (χ0v) is 10.7. The zero-order valence-electron chi connectivity index (χ0n) is 7.51. The maximum Gasteiger partial charge on any atom is 0.339 e. The average Bonchev–Trinajstić information content (AvgIpc) is 2.39. The van der Waals surface area contributed by atoms with E-state index in [9.17, 15) is 9.90 Å². The standard InChI is InChI=1S/C8H8BrClO3S/c1-3-4(5(9)7(10)14-3)6(11)8(12)13-2/h6,11H,1-2H3. The Morgan fingerprint density at radius 3 is 2.64 bits per heavy atom. The Kier molecular flexibility index (Phi) is 3.94. The average molecular weight is 300 g/mol.